The molecule has 0 bridgehead atoms. The number of amides is 1. The summed E-state index contributed by atoms with van der Waals surface area (Å²) in [5, 5.41) is 11.0. The molecule has 0 aliphatic heterocycles. The molecule has 0 saturated carbocycles. The van der Waals surface area contributed by atoms with Crippen LogP contribution in [0.2, 0.25) is 5.02 Å². The Hall–Kier alpha value is -1.80. The molecule has 1 amide bonds. The molecule has 1 aromatic rings. The van der Waals surface area contributed by atoms with Crippen LogP contribution >= 0.6 is 11.6 Å². The minimum atomic E-state index is -4.52. The number of carboxylic acids is 1. The molecular weight excluding hydrogens is 303 g/mol. The van der Waals surface area contributed by atoms with E-state index in [1.807, 2.05) is 0 Å². The second kappa shape index (κ2) is 6.58. The minimum absolute atomic E-state index is 0.0514. The molecule has 9 heteroatoms. The summed E-state index contributed by atoms with van der Waals surface area (Å²) in [6.07, 6.45) is -4.52. The van der Waals surface area contributed by atoms with Gasteiger partial charge in [0.1, 0.15) is 13.2 Å². The first-order chi connectivity index (χ1) is 9.17. The van der Waals surface area contributed by atoms with E-state index in [4.69, 9.17) is 16.7 Å². The number of carboxylic acid groups (broad SMARTS) is 1. The Kier molecular flexibility index (Phi) is 5.34. The molecule has 0 heterocycles. The van der Waals surface area contributed by atoms with Gasteiger partial charge in [0.2, 0.25) is 5.91 Å². The van der Waals surface area contributed by atoms with Crippen LogP contribution in [0.15, 0.2) is 18.2 Å². The fraction of sp³-hybridized carbons (Fsp3) is 0.273. The molecule has 110 valence electrons. The van der Waals surface area contributed by atoms with Crippen molar-refractivity contribution in [1.29, 1.82) is 0 Å². The fourth-order valence-corrected chi connectivity index (χ4v) is 1.48. The summed E-state index contributed by atoms with van der Waals surface area (Å²) in [7, 11) is 0. The van der Waals surface area contributed by atoms with E-state index in [2.05, 4.69) is 10.1 Å². The Morgan fingerprint density at radius 3 is 2.50 bits per heavy atom. The van der Waals surface area contributed by atoms with Crippen LogP contribution in [0.4, 0.5) is 18.9 Å². The third-order valence-electron chi connectivity index (χ3n) is 1.93. The van der Waals surface area contributed by atoms with Crippen molar-refractivity contribution in [3.63, 3.8) is 0 Å². The van der Waals surface area contributed by atoms with Crippen molar-refractivity contribution >= 4 is 29.2 Å². The number of rotatable bonds is 5. The monoisotopic (exact) mass is 311 g/mol. The van der Waals surface area contributed by atoms with Crippen LogP contribution in [-0.4, -0.2) is 36.4 Å². The Balaban J connectivity index is 2.60. The van der Waals surface area contributed by atoms with Crippen LogP contribution in [-0.2, 0) is 9.53 Å². The van der Waals surface area contributed by atoms with Gasteiger partial charge in [-0.15, -0.1) is 0 Å². The SMILES string of the molecule is O=C(COCC(F)(F)F)Nc1cc(Cl)cc(C(=O)O)c1. The summed E-state index contributed by atoms with van der Waals surface area (Å²) >= 11 is 5.65. The summed E-state index contributed by atoms with van der Waals surface area (Å²) in [6, 6.07) is 3.55. The van der Waals surface area contributed by atoms with E-state index >= 15 is 0 Å². The van der Waals surface area contributed by atoms with E-state index in [9.17, 15) is 22.8 Å². The molecule has 0 fully saturated rings. The zero-order valence-electron chi connectivity index (χ0n) is 9.83. The molecule has 0 aromatic heterocycles. The highest BCUT2D eigenvalue weighted by Crippen LogP contribution is 2.19. The number of anilines is 1. The molecule has 5 nitrogen and oxygen atoms in total. The summed E-state index contributed by atoms with van der Waals surface area (Å²) in [5.41, 5.74) is -0.112. The van der Waals surface area contributed by atoms with E-state index in [0.717, 1.165) is 6.07 Å². The maximum Gasteiger partial charge on any atom is 0.411 e. The Labute approximate surface area is 116 Å². The zero-order chi connectivity index (χ0) is 15.3. The van der Waals surface area contributed by atoms with Crippen LogP contribution < -0.4 is 5.32 Å². The molecule has 0 saturated heterocycles. The predicted octanol–water partition coefficient (Wildman–Crippen LogP) is 2.56. The van der Waals surface area contributed by atoms with E-state index in [0.29, 0.717) is 0 Å². The average molecular weight is 312 g/mol. The van der Waals surface area contributed by atoms with Gasteiger partial charge >= 0.3 is 12.1 Å². The third-order valence-corrected chi connectivity index (χ3v) is 2.15. The van der Waals surface area contributed by atoms with Crippen LogP contribution in [0.25, 0.3) is 0 Å². The fourth-order valence-electron chi connectivity index (χ4n) is 1.24. The van der Waals surface area contributed by atoms with Gasteiger partial charge in [0.15, 0.2) is 0 Å². The molecule has 0 spiro atoms. The summed E-state index contributed by atoms with van der Waals surface area (Å²) in [4.78, 5) is 22.0. The van der Waals surface area contributed by atoms with Crippen LogP contribution in [0.3, 0.4) is 0 Å². The van der Waals surface area contributed by atoms with Crippen molar-refractivity contribution in [1.82, 2.24) is 0 Å². The predicted molar refractivity (Wildman–Crippen MR) is 63.9 cm³/mol. The summed E-state index contributed by atoms with van der Waals surface area (Å²) in [5.74, 6) is -2.11. The van der Waals surface area contributed by atoms with Crippen molar-refractivity contribution in [2.45, 2.75) is 6.18 Å². The first-order valence-electron chi connectivity index (χ1n) is 5.15. The van der Waals surface area contributed by atoms with Crippen molar-refractivity contribution in [2.75, 3.05) is 18.5 Å². The highest BCUT2D eigenvalue weighted by atomic mass is 35.5. The van der Waals surface area contributed by atoms with Crippen LogP contribution in [0.1, 0.15) is 10.4 Å². The topological polar surface area (TPSA) is 75.6 Å². The first kappa shape index (κ1) is 16.3. The molecule has 0 aliphatic rings. The standard InChI is InChI=1S/C11H9ClF3NO4/c12-7-1-6(10(18)19)2-8(3-7)16-9(17)4-20-5-11(13,14)15/h1-3H,4-5H2,(H,16,17)(H,18,19). The maximum atomic E-state index is 11.8. The van der Waals surface area contributed by atoms with E-state index < -0.39 is 31.3 Å². The lowest BCUT2D eigenvalue weighted by molar-refractivity contribution is -0.174. The number of benzene rings is 1. The summed E-state index contributed by atoms with van der Waals surface area (Å²) < 4.78 is 39.5. The van der Waals surface area contributed by atoms with Gasteiger partial charge in [-0.05, 0) is 18.2 Å². The Morgan fingerprint density at radius 1 is 1.30 bits per heavy atom. The highest BCUT2D eigenvalue weighted by Gasteiger charge is 2.27. The van der Waals surface area contributed by atoms with Gasteiger partial charge in [-0.1, -0.05) is 11.6 Å². The number of aromatic carboxylic acids is 1. The molecule has 0 aliphatic carbocycles. The number of ether oxygens (including phenoxy) is 1. The van der Waals surface area contributed by atoms with Crippen molar-refractivity contribution in [2.24, 2.45) is 0 Å². The Morgan fingerprint density at radius 2 is 1.95 bits per heavy atom. The Bertz CT molecular complexity index is 519. The molecule has 1 aromatic carbocycles. The van der Waals surface area contributed by atoms with Crippen molar-refractivity contribution in [3.8, 4) is 0 Å². The molecule has 20 heavy (non-hydrogen) atoms. The van der Waals surface area contributed by atoms with Gasteiger partial charge in [-0.3, -0.25) is 4.79 Å². The number of hydrogen-bond acceptors (Lipinski definition) is 3. The number of carbonyl (C=O) groups is 2. The van der Waals surface area contributed by atoms with E-state index in [1.165, 1.54) is 12.1 Å². The van der Waals surface area contributed by atoms with Gasteiger partial charge < -0.3 is 15.2 Å². The highest BCUT2D eigenvalue weighted by molar-refractivity contribution is 6.31. The lowest BCUT2D eigenvalue weighted by Gasteiger charge is -2.09. The average Bonchev–Trinajstić information content (AvgIpc) is 2.25. The van der Waals surface area contributed by atoms with Crippen molar-refractivity contribution < 1.29 is 32.6 Å². The van der Waals surface area contributed by atoms with Crippen LogP contribution in [0, 0.1) is 0 Å². The molecule has 0 atom stereocenters. The number of nitrogens with one attached hydrogen (secondary N) is 1. The minimum Gasteiger partial charge on any atom is -0.478 e. The lowest BCUT2D eigenvalue weighted by atomic mass is 10.2. The largest absolute Gasteiger partial charge is 0.478 e. The number of hydrogen-bond donors (Lipinski definition) is 2. The lowest BCUT2D eigenvalue weighted by Crippen LogP contribution is -2.24. The molecule has 0 radical (unpaired) electrons. The van der Waals surface area contributed by atoms with E-state index in [-0.39, 0.29) is 16.3 Å². The quantitative estimate of drug-likeness (QED) is 0.876. The second-order valence-corrected chi connectivity index (χ2v) is 4.13. The molecular formula is C11H9ClF3NO4. The molecule has 0 unspecified atom stereocenters. The smallest absolute Gasteiger partial charge is 0.411 e. The summed E-state index contributed by atoms with van der Waals surface area (Å²) in [6.45, 7) is -2.36. The molecule has 2 N–H and O–H groups in total. The molecule has 1 rings (SSSR count). The zero-order valence-corrected chi connectivity index (χ0v) is 10.6. The number of alkyl halides is 3. The third kappa shape index (κ3) is 5.89. The normalized spacial score (nSPS) is 11.2. The maximum absolute atomic E-state index is 11.8. The second-order valence-electron chi connectivity index (χ2n) is 3.69. The van der Waals surface area contributed by atoms with Gasteiger partial charge in [-0.2, -0.15) is 13.2 Å². The van der Waals surface area contributed by atoms with Crippen LogP contribution in [0.5, 0.6) is 0 Å². The van der Waals surface area contributed by atoms with Gasteiger partial charge in [-0.25, -0.2) is 4.79 Å². The van der Waals surface area contributed by atoms with Gasteiger partial charge in [0.05, 0.1) is 5.56 Å². The number of carbonyl (C=O) groups excluding carboxylic acids is 1. The van der Waals surface area contributed by atoms with Gasteiger partial charge in [0.25, 0.3) is 0 Å². The first-order valence-corrected chi connectivity index (χ1v) is 5.53. The van der Waals surface area contributed by atoms with E-state index in [1.54, 1.807) is 0 Å². The number of halogens is 4. The van der Waals surface area contributed by atoms with Gasteiger partial charge in [0, 0.05) is 10.7 Å². The van der Waals surface area contributed by atoms with Crippen molar-refractivity contribution in [3.05, 3.63) is 28.8 Å².